The van der Waals surface area contributed by atoms with Gasteiger partial charge in [0.25, 0.3) is 0 Å². The van der Waals surface area contributed by atoms with Crippen LogP contribution in [0.4, 0.5) is 5.69 Å². The molecule has 1 aromatic heterocycles. The first kappa shape index (κ1) is 9.52. The van der Waals surface area contributed by atoms with E-state index in [-0.39, 0.29) is 5.41 Å². The van der Waals surface area contributed by atoms with E-state index in [0.717, 1.165) is 15.9 Å². The smallest absolute Gasteiger partial charge is 0.106 e. The molecule has 0 aromatic carbocycles. The summed E-state index contributed by atoms with van der Waals surface area (Å²) in [6, 6.07) is 1.97. The summed E-state index contributed by atoms with van der Waals surface area (Å²) in [4.78, 5) is 4.04. The summed E-state index contributed by atoms with van der Waals surface area (Å²) in [6.45, 7) is 6.39. The van der Waals surface area contributed by atoms with Crippen LogP contribution in [0.25, 0.3) is 0 Å². The highest BCUT2D eigenvalue weighted by Crippen LogP contribution is 2.28. The monoisotopic (exact) mass is 228 g/mol. The molecule has 2 N–H and O–H groups in total. The molecule has 0 aliphatic heterocycles. The van der Waals surface area contributed by atoms with Crippen molar-refractivity contribution < 1.29 is 0 Å². The maximum atomic E-state index is 5.79. The zero-order valence-electron chi connectivity index (χ0n) is 7.56. The molecule has 0 aliphatic carbocycles. The Labute approximate surface area is 81.3 Å². The number of aromatic nitrogens is 1. The zero-order valence-corrected chi connectivity index (χ0v) is 9.14. The van der Waals surface area contributed by atoms with Crippen LogP contribution in [-0.2, 0) is 5.41 Å². The third-order valence-electron chi connectivity index (χ3n) is 1.71. The first-order chi connectivity index (χ1) is 5.41. The molecule has 3 heteroatoms. The van der Waals surface area contributed by atoms with E-state index in [4.69, 9.17) is 5.73 Å². The molecule has 1 aromatic rings. The third kappa shape index (κ3) is 1.97. The number of nitrogen functional groups attached to an aromatic ring is 1. The van der Waals surface area contributed by atoms with Crippen LogP contribution in [0.3, 0.4) is 0 Å². The molecule has 1 heterocycles. The standard InChI is InChI=1S/C9H13BrN2/c1-9(2,3)6-4-8(10)12-5-7(6)11/h4-5H,11H2,1-3H3. The van der Waals surface area contributed by atoms with Crippen molar-refractivity contribution in [2.24, 2.45) is 0 Å². The normalized spacial score (nSPS) is 11.7. The van der Waals surface area contributed by atoms with Crippen LogP contribution in [-0.4, -0.2) is 4.98 Å². The lowest BCUT2D eigenvalue weighted by Crippen LogP contribution is -2.14. The van der Waals surface area contributed by atoms with E-state index >= 15 is 0 Å². The number of nitrogens with two attached hydrogens (primary N) is 1. The van der Waals surface area contributed by atoms with Crippen LogP contribution in [0.2, 0.25) is 0 Å². The molecule has 0 bridgehead atoms. The van der Waals surface area contributed by atoms with Crippen LogP contribution in [0.15, 0.2) is 16.9 Å². The lowest BCUT2D eigenvalue weighted by Gasteiger charge is -2.20. The summed E-state index contributed by atoms with van der Waals surface area (Å²) in [7, 11) is 0. The molecule has 66 valence electrons. The summed E-state index contributed by atoms with van der Waals surface area (Å²) in [6.07, 6.45) is 1.69. The summed E-state index contributed by atoms with van der Waals surface area (Å²) in [5.74, 6) is 0. The summed E-state index contributed by atoms with van der Waals surface area (Å²) < 4.78 is 0.835. The van der Waals surface area contributed by atoms with Gasteiger partial charge < -0.3 is 5.73 Å². The Morgan fingerprint density at radius 3 is 2.42 bits per heavy atom. The molecular formula is C9H13BrN2. The molecule has 1 rings (SSSR count). The van der Waals surface area contributed by atoms with Crippen LogP contribution in [0.1, 0.15) is 26.3 Å². The molecule has 0 aliphatic rings. The molecule has 0 fully saturated rings. The predicted molar refractivity (Wildman–Crippen MR) is 55.0 cm³/mol. The van der Waals surface area contributed by atoms with E-state index in [9.17, 15) is 0 Å². The lowest BCUT2D eigenvalue weighted by molar-refractivity contribution is 0.591. The molecule has 12 heavy (non-hydrogen) atoms. The van der Waals surface area contributed by atoms with Gasteiger partial charge >= 0.3 is 0 Å². The zero-order chi connectivity index (χ0) is 9.35. The van der Waals surface area contributed by atoms with Gasteiger partial charge in [0.15, 0.2) is 0 Å². The first-order valence-corrected chi connectivity index (χ1v) is 4.62. The van der Waals surface area contributed by atoms with Gasteiger partial charge in [0, 0.05) is 0 Å². The highest BCUT2D eigenvalue weighted by atomic mass is 79.9. The molecular weight excluding hydrogens is 216 g/mol. The van der Waals surface area contributed by atoms with Gasteiger partial charge in [-0.1, -0.05) is 20.8 Å². The number of halogens is 1. The van der Waals surface area contributed by atoms with E-state index in [1.807, 2.05) is 6.07 Å². The number of pyridine rings is 1. The Hall–Kier alpha value is -0.570. The Morgan fingerprint density at radius 1 is 1.42 bits per heavy atom. The molecule has 0 radical (unpaired) electrons. The number of hydrogen-bond acceptors (Lipinski definition) is 2. The van der Waals surface area contributed by atoms with Gasteiger partial charge in [-0.2, -0.15) is 0 Å². The van der Waals surface area contributed by atoms with Gasteiger partial charge in [-0.05, 0) is 33.0 Å². The van der Waals surface area contributed by atoms with Crippen LogP contribution < -0.4 is 5.73 Å². The maximum Gasteiger partial charge on any atom is 0.106 e. The van der Waals surface area contributed by atoms with Crippen molar-refractivity contribution in [3.63, 3.8) is 0 Å². The molecule has 0 saturated heterocycles. The first-order valence-electron chi connectivity index (χ1n) is 3.83. The van der Waals surface area contributed by atoms with E-state index in [2.05, 4.69) is 41.7 Å². The highest BCUT2D eigenvalue weighted by Gasteiger charge is 2.17. The van der Waals surface area contributed by atoms with E-state index < -0.39 is 0 Å². The third-order valence-corrected chi connectivity index (χ3v) is 2.14. The Morgan fingerprint density at radius 2 is 2.00 bits per heavy atom. The second kappa shape index (κ2) is 3.05. The Balaban J connectivity index is 3.23. The average molecular weight is 229 g/mol. The second-order valence-electron chi connectivity index (χ2n) is 3.84. The predicted octanol–water partition coefficient (Wildman–Crippen LogP) is 2.72. The van der Waals surface area contributed by atoms with Crippen molar-refractivity contribution in [1.29, 1.82) is 0 Å². The largest absolute Gasteiger partial charge is 0.397 e. The van der Waals surface area contributed by atoms with Crippen LogP contribution in [0.5, 0.6) is 0 Å². The molecule has 0 spiro atoms. The number of nitrogens with zero attached hydrogens (tertiary/aromatic N) is 1. The Kier molecular flexibility index (Phi) is 2.42. The fourth-order valence-electron chi connectivity index (χ4n) is 1.09. The SMILES string of the molecule is CC(C)(C)c1cc(Br)ncc1N. The second-order valence-corrected chi connectivity index (χ2v) is 4.66. The number of hydrogen-bond donors (Lipinski definition) is 1. The van der Waals surface area contributed by atoms with Crippen LogP contribution >= 0.6 is 15.9 Å². The van der Waals surface area contributed by atoms with Crippen LogP contribution in [0, 0.1) is 0 Å². The van der Waals surface area contributed by atoms with Gasteiger partial charge in [0.2, 0.25) is 0 Å². The van der Waals surface area contributed by atoms with Gasteiger partial charge in [0.1, 0.15) is 4.60 Å². The van der Waals surface area contributed by atoms with E-state index in [1.165, 1.54) is 0 Å². The van der Waals surface area contributed by atoms with Crippen molar-refractivity contribution in [3.8, 4) is 0 Å². The van der Waals surface area contributed by atoms with Crippen molar-refractivity contribution >= 4 is 21.6 Å². The maximum absolute atomic E-state index is 5.79. The van der Waals surface area contributed by atoms with Crippen molar-refractivity contribution in [2.45, 2.75) is 26.2 Å². The number of anilines is 1. The Bertz CT molecular complexity index is 289. The van der Waals surface area contributed by atoms with Gasteiger partial charge in [-0.25, -0.2) is 4.98 Å². The molecule has 0 atom stereocenters. The average Bonchev–Trinajstić information content (AvgIpc) is 1.92. The summed E-state index contributed by atoms with van der Waals surface area (Å²) >= 11 is 3.32. The topological polar surface area (TPSA) is 38.9 Å². The quantitative estimate of drug-likeness (QED) is 0.694. The highest BCUT2D eigenvalue weighted by molar-refractivity contribution is 9.10. The molecule has 0 unspecified atom stereocenters. The molecule has 2 nitrogen and oxygen atoms in total. The number of rotatable bonds is 0. The van der Waals surface area contributed by atoms with Crippen molar-refractivity contribution in [3.05, 3.63) is 22.4 Å². The van der Waals surface area contributed by atoms with E-state index in [0.29, 0.717) is 0 Å². The minimum Gasteiger partial charge on any atom is -0.397 e. The van der Waals surface area contributed by atoms with Gasteiger partial charge in [-0.15, -0.1) is 0 Å². The lowest BCUT2D eigenvalue weighted by atomic mass is 9.87. The van der Waals surface area contributed by atoms with Gasteiger partial charge in [-0.3, -0.25) is 0 Å². The molecule has 0 amide bonds. The fourth-order valence-corrected chi connectivity index (χ4v) is 1.42. The van der Waals surface area contributed by atoms with Crippen molar-refractivity contribution in [2.75, 3.05) is 5.73 Å². The van der Waals surface area contributed by atoms with Crippen molar-refractivity contribution in [1.82, 2.24) is 4.98 Å². The van der Waals surface area contributed by atoms with Gasteiger partial charge in [0.05, 0.1) is 11.9 Å². The fraction of sp³-hybridized carbons (Fsp3) is 0.444. The molecule has 0 saturated carbocycles. The van der Waals surface area contributed by atoms with E-state index in [1.54, 1.807) is 6.20 Å². The summed E-state index contributed by atoms with van der Waals surface area (Å²) in [5.41, 5.74) is 7.76. The minimum absolute atomic E-state index is 0.0789. The minimum atomic E-state index is 0.0789. The summed E-state index contributed by atoms with van der Waals surface area (Å²) in [5, 5.41) is 0.